The number of hydrogen-bond donors (Lipinski definition) is 2. The average Bonchev–Trinajstić information content (AvgIpc) is 3.11. The third kappa shape index (κ3) is 4.93. The molecule has 27 heavy (non-hydrogen) atoms. The number of ether oxygens (including phenoxy) is 2. The van der Waals surface area contributed by atoms with Crippen LogP contribution in [0.2, 0.25) is 0 Å². The molecule has 0 aromatic heterocycles. The van der Waals surface area contributed by atoms with E-state index in [-0.39, 0.29) is 17.6 Å². The molecule has 6 heteroatoms. The van der Waals surface area contributed by atoms with Crippen LogP contribution in [0.15, 0.2) is 29.3 Å². The number of benzene rings is 1. The fourth-order valence-corrected chi connectivity index (χ4v) is 4.10. The van der Waals surface area contributed by atoms with Crippen LogP contribution in [0.25, 0.3) is 0 Å². The van der Waals surface area contributed by atoms with E-state index in [1.807, 2.05) is 13.0 Å². The number of hydrogen-bond acceptors (Lipinski definition) is 4. The molecule has 2 aliphatic rings. The zero-order valence-corrected chi connectivity index (χ0v) is 16.4. The topological polar surface area (TPSA) is 72.0 Å². The first-order valence-electron chi connectivity index (χ1n) is 10.1. The summed E-state index contributed by atoms with van der Waals surface area (Å²) in [5.41, 5.74) is 1.14. The predicted octanol–water partition coefficient (Wildman–Crippen LogP) is 3.33. The van der Waals surface area contributed by atoms with Crippen LogP contribution in [0.5, 0.6) is 5.75 Å². The minimum absolute atomic E-state index is 0.0468. The lowest BCUT2D eigenvalue weighted by atomic mass is 9.86. The zero-order chi connectivity index (χ0) is 19.1. The van der Waals surface area contributed by atoms with Gasteiger partial charge in [-0.05, 0) is 45.1 Å². The number of rotatable bonds is 6. The van der Waals surface area contributed by atoms with Crippen LogP contribution < -0.4 is 15.4 Å². The summed E-state index contributed by atoms with van der Waals surface area (Å²) >= 11 is 0. The fourth-order valence-electron chi connectivity index (χ4n) is 4.10. The third-order valence-corrected chi connectivity index (χ3v) is 5.40. The van der Waals surface area contributed by atoms with E-state index >= 15 is 0 Å². The van der Waals surface area contributed by atoms with Crippen molar-refractivity contribution in [2.24, 2.45) is 4.99 Å². The molecule has 148 valence electrons. The van der Waals surface area contributed by atoms with E-state index in [1.165, 1.54) is 18.4 Å². The molecule has 6 nitrogen and oxygen atoms in total. The minimum atomic E-state index is -0.149. The largest absolute Gasteiger partial charge is 0.487 e. The molecule has 2 N–H and O–H groups in total. The summed E-state index contributed by atoms with van der Waals surface area (Å²) < 4.78 is 11.4. The van der Waals surface area contributed by atoms with Gasteiger partial charge in [-0.1, -0.05) is 18.2 Å². The van der Waals surface area contributed by atoms with Gasteiger partial charge in [0, 0.05) is 32.0 Å². The Hall–Kier alpha value is -2.24. The summed E-state index contributed by atoms with van der Waals surface area (Å²) in [6, 6.07) is 8.46. The van der Waals surface area contributed by atoms with Crippen LogP contribution in [0.1, 0.15) is 63.5 Å². The number of esters is 1. The van der Waals surface area contributed by atoms with Crippen LogP contribution in [0, 0.1) is 0 Å². The van der Waals surface area contributed by atoms with Crippen molar-refractivity contribution in [3.05, 3.63) is 29.8 Å². The Morgan fingerprint density at radius 3 is 2.85 bits per heavy atom. The van der Waals surface area contributed by atoms with Crippen molar-refractivity contribution in [1.82, 2.24) is 10.6 Å². The van der Waals surface area contributed by atoms with Gasteiger partial charge in [0.1, 0.15) is 11.4 Å². The van der Waals surface area contributed by atoms with Crippen LogP contribution in [0.4, 0.5) is 0 Å². The Kier molecular flexibility index (Phi) is 6.58. The van der Waals surface area contributed by atoms with E-state index in [0.717, 1.165) is 31.0 Å². The second-order valence-corrected chi connectivity index (χ2v) is 7.34. The molecule has 1 fully saturated rings. The average molecular weight is 373 g/mol. The van der Waals surface area contributed by atoms with Gasteiger partial charge in [0.05, 0.1) is 12.6 Å². The van der Waals surface area contributed by atoms with Crippen LogP contribution >= 0.6 is 0 Å². The van der Waals surface area contributed by atoms with Crippen molar-refractivity contribution in [2.45, 2.75) is 63.5 Å². The number of carbonyl (C=O) groups excluding carboxylic acids is 1. The normalized spacial score (nSPS) is 20.7. The van der Waals surface area contributed by atoms with Gasteiger partial charge in [0.25, 0.3) is 0 Å². The van der Waals surface area contributed by atoms with Gasteiger partial charge in [-0.2, -0.15) is 0 Å². The van der Waals surface area contributed by atoms with Gasteiger partial charge < -0.3 is 20.1 Å². The maximum atomic E-state index is 11.4. The van der Waals surface area contributed by atoms with Gasteiger partial charge >= 0.3 is 5.97 Å². The highest BCUT2D eigenvalue weighted by molar-refractivity contribution is 5.80. The van der Waals surface area contributed by atoms with Crippen LogP contribution in [-0.4, -0.2) is 37.7 Å². The van der Waals surface area contributed by atoms with Crippen molar-refractivity contribution in [3.8, 4) is 5.75 Å². The maximum Gasteiger partial charge on any atom is 0.305 e. The summed E-state index contributed by atoms with van der Waals surface area (Å²) in [6.45, 7) is 2.93. The molecule has 1 heterocycles. The molecule has 1 spiro atoms. The first kappa shape index (κ1) is 19.5. The van der Waals surface area contributed by atoms with Crippen molar-refractivity contribution in [2.75, 3.05) is 20.2 Å². The highest BCUT2D eigenvalue weighted by Crippen LogP contribution is 2.46. The van der Waals surface area contributed by atoms with Gasteiger partial charge in [-0.15, -0.1) is 0 Å². The number of guanidine groups is 1. The second kappa shape index (κ2) is 9.11. The van der Waals surface area contributed by atoms with E-state index in [4.69, 9.17) is 9.47 Å². The molecule has 1 aliphatic carbocycles. The van der Waals surface area contributed by atoms with Gasteiger partial charge in [0.2, 0.25) is 0 Å². The molecule has 1 aliphatic heterocycles. The molecular formula is C21H31N3O3. The Bertz CT molecular complexity index is 668. The number of para-hydroxylation sites is 1. The Morgan fingerprint density at radius 1 is 1.33 bits per heavy atom. The molecule has 0 amide bonds. The predicted molar refractivity (Wildman–Crippen MR) is 106 cm³/mol. The van der Waals surface area contributed by atoms with E-state index < -0.39 is 0 Å². The number of carbonyl (C=O) groups is 1. The molecule has 1 saturated carbocycles. The van der Waals surface area contributed by atoms with Crippen molar-refractivity contribution in [1.29, 1.82) is 0 Å². The molecule has 1 atom stereocenters. The summed E-state index contributed by atoms with van der Waals surface area (Å²) in [5, 5.41) is 6.88. The van der Waals surface area contributed by atoms with Crippen molar-refractivity contribution in [3.63, 3.8) is 0 Å². The summed E-state index contributed by atoms with van der Waals surface area (Å²) in [4.78, 5) is 15.8. The zero-order valence-electron chi connectivity index (χ0n) is 16.4. The second-order valence-electron chi connectivity index (χ2n) is 7.34. The minimum Gasteiger partial charge on any atom is -0.487 e. The molecule has 0 saturated heterocycles. The van der Waals surface area contributed by atoms with Crippen LogP contribution in [-0.2, 0) is 9.53 Å². The lowest BCUT2D eigenvalue weighted by Gasteiger charge is -2.40. The Labute approximate surface area is 161 Å². The van der Waals surface area contributed by atoms with Gasteiger partial charge in [-0.25, -0.2) is 0 Å². The quantitative estimate of drug-likeness (QED) is 0.346. The van der Waals surface area contributed by atoms with Gasteiger partial charge in [0.15, 0.2) is 5.96 Å². The monoisotopic (exact) mass is 373 g/mol. The Morgan fingerprint density at radius 2 is 2.11 bits per heavy atom. The molecule has 1 aromatic rings. The highest BCUT2D eigenvalue weighted by Gasteiger charge is 2.43. The third-order valence-electron chi connectivity index (χ3n) is 5.40. The first-order chi connectivity index (χ1) is 13.2. The summed E-state index contributed by atoms with van der Waals surface area (Å²) in [7, 11) is 1.78. The van der Waals surface area contributed by atoms with E-state index in [1.54, 1.807) is 7.05 Å². The summed E-state index contributed by atoms with van der Waals surface area (Å²) in [5.74, 6) is 1.60. The van der Waals surface area contributed by atoms with E-state index in [2.05, 4.69) is 33.8 Å². The SMILES string of the molecule is CCOC(=O)CCCNC(=NC)NC1CC2(CCCC2)Oc2ccccc21. The molecule has 1 aromatic carbocycles. The smallest absolute Gasteiger partial charge is 0.305 e. The molecule has 3 rings (SSSR count). The standard InChI is InChI=1S/C21H31N3O3/c1-3-26-19(25)11-8-14-23-20(22-2)24-17-15-21(12-6-7-13-21)27-18-10-5-4-9-16(17)18/h4-5,9-10,17H,3,6-8,11-15H2,1-2H3,(H2,22,23,24). The maximum absolute atomic E-state index is 11.4. The van der Waals surface area contributed by atoms with Crippen molar-refractivity contribution < 1.29 is 14.3 Å². The summed E-state index contributed by atoms with van der Waals surface area (Å²) in [6.07, 6.45) is 6.78. The van der Waals surface area contributed by atoms with Crippen LogP contribution in [0.3, 0.4) is 0 Å². The number of nitrogens with zero attached hydrogens (tertiary/aromatic N) is 1. The van der Waals surface area contributed by atoms with Gasteiger partial charge in [-0.3, -0.25) is 9.79 Å². The van der Waals surface area contributed by atoms with E-state index in [0.29, 0.717) is 26.0 Å². The molecular weight excluding hydrogens is 342 g/mol. The molecule has 0 radical (unpaired) electrons. The van der Waals surface area contributed by atoms with E-state index in [9.17, 15) is 4.79 Å². The molecule has 0 bridgehead atoms. The lowest BCUT2D eigenvalue weighted by molar-refractivity contribution is -0.143. The number of fused-ring (bicyclic) bond motifs is 1. The number of aliphatic imine (C=N–C) groups is 1. The first-order valence-corrected chi connectivity index (χ1v) is 10.1. The highest BCUT2D eigenvalue weighted by atomic mass is 16.5. The van der Waals surface area contributed by atoms with Crippen molar-refractivity contribution >= 4 is 11.9 Å². The Balaban J connectivity index is 1.60. The number of nitrogens with one attached hydrogen (secondary N) is 2. The fraction of sp³-hybridized carbons (Fsp3) is 0.619. The molecule has 1 unspecified atom stereocenters. The lowest BCUT2D eigenvalue weighted by Crippen LogP contribution is -2.46.